The lowest BCUT2D eigenvalue weighted by molar-refractivity contribution is -0.139. The molecule has 0 saturated heterocycles. The molecule has 0 fully saturated rings. The summed E-state index contributed by atoms with van der Waals surface area (Å²) < 4.78 is 38.6. The van der Waals surface area contributed by atoms with E-state index >= 15 is 0 Å². The van der Waals surface area contributed by atoms with Crippen LogP contribution in [0.3, 0.4) is 0 Å². The van der Waals surface area contributed by atoms with Gasteiger partial charge in [0.15, 0.2) is 5.65 Å². The monoisotopic (exact) mass is 491 g/mol. The number of fused-ring (bicyclic) bond motifs is 1. The van der Waals surface area contributed by atoms with E-state index in [0.29, 0.717) is 40.8 Å². The number of halogens is 3. The Morgan fingerprint density at radius 3 is 2.94 bits per heavy atom. The van der Waals surface area contributed by atoms with Gasteiger partial charge in [-0.25, -0.2) is 9.50 Å². The quantitative estimate of drug-likeness (QED) is 0.257. The first-order chi connectivity index (χ1) is 16.4. The second kappa shape index (κ2) is 10.4. The van der Waals surface area contributed by atoms with Gasteiger partial charge in [0.1, 0.15) is 17.1 Å². The molecule has 0 unspecified atom stereocenters. The lowest BCUT2D eigenvalue weighted by atomic mass is 10.1. The summed E-state index contributed by atoms with van der Waals surface area (Å²) in [6, 6.07) is 6.07. The van der Waals surface area contributed by atoms with Crippen LogP contribution in [-0.2, 0) is 16.1 Å². The summed E-state index contributed by atoms with van der Waals surface area (Å²) in [7, 11) is 1.31. The fourth-order valence-corrected chi connectivity index (χ4v) is 3.40. The Morgan fingerprint density at radius 2 is 2.15 bits per heavy atom. The lowest BCUT2D eigenvalue weighted by Crippen LogP contribution is -2.27. The number of benzene rings is 1. The molecule has 34 heavy (non-hydrogen) atoms. The highest BCUT2D eigenvalue weighted by atomic mass is 35.5. The average molecular weight is 492 g/mol. The van der Waals surface area contributed by atoms with Crippen LogP contribution in [0, 0.1) is 0 Å². The predicted molar refractivity (Wildman–Crippen MR) is 120 cm³/mol. The summed E-state index contributed by atoms with van der Waals surface area (Å²) in [5, 5.41) is 15.3. The third-order valence-electron chi connectivity index (χ3n) is 4.74. The molecule has 10 nitrogen and oxygen atoms in total. The second-order valence-electron chi connectivity index (χ2n) is 7.00. The molecular formula is C21H20ClF2N7O3. The number of alkyl halides is 2. The van der Waals surface area contributed by atoms with Crippen molar-refractivity contribution in [2.45, 2.75) is 13.2 Å². The van der Waals surface area contributed by atoms with E-state index in [0.717, 1.165) is 0 Å². The van der Waals surface area contributed by atoms with Crippen molar-refractivity contribution in [3.63, 3.8) is 0 Å². The first-order valence-corrected chi connectivity index (χ1v) is 10.5. The maximum absolute atomic E-state index is 13.0. The zero-order chi connectivity index (χ0) is 24.1. The van der Waals surface area contributed by atoms with Crippen LogP contribution in [0.5, 0.6) is 5.75 Å². The summed E-state index contributed by atoms with van der Waals surface area (Å²) in [6.45, 7) is -2.19. The number of ether oxygens (including phenoxy) is 2. The molecule has 178 valence electrons. The van der Waals surface area contributed by atoms with Crippen molar-refractivity contribution in [2.75, 3.05) is 25.5 Å². The Kier molecular flexibility index (Phi) is 7.18. The van der Waals surface area contributed by atoms with E-state index in [1.807, 2.05) is 0 Å². The molecule has 0 atom stereocenters. The van der Waals surface area contributed by atoms with E-state index in [-0.39, 0.29) is 17.9 Å². The van der Waals surface area contributed by atoms with Crippen LogP contribution in [0.25, 0.3) is 16.9 Å². The number of methoxy groups -OCH3 is 1. The van der Waals surface area contributed by atoms with Gasteiger partial charge in [-0.2, -0.15) is 19.0 Å². The van der Waals surface area contributed by atoms with Gasteiger partial charge in [0, 0.05) is 35.7 Å². The van der Waals surface area contributed by atoms with Gasteiger partial charge in [-0.1, -0.05) is 11.6 Å². The molecule has 4 rings (SSSR count). The molecule has 0 spiro atoms. The normalized spacial score (nSPS) is 11.2. The first kappa shape index (κ1) is 23.4. The third kappa shape index (κ3) is 5.41. The largest absolute Gasteiger partial charge is 0.468 e. The average Bonchev–Trinajstić information content (AvgIpc) is 3.42. The van der Waals surface area contributed by atoms with E-state index in [1.54, 1.807) is 40.1 Å². The van der Waals surface area contributed by atoms with Gasteiger partial charge in [0.05, 0.1) is 32.1 Å². The maximum atomic E-state index is 13.0. The van der Waals surface area contributed by atoms with E-state index in [4.69, 9.17) is 16.3 Å². The van der Waals surface area contributed by atoms with Crippen LogP contribution in [0.1, 0.15) is 0 Å². The van der Waals surface area contributed by atoms with Crippen molar-refractivity contribution >= 4 is 34.6 Å². The molecule has 2 N–H and O–H groups in total. The lowest BCUT2D eigenvalue weighted by Gasteiger charge is -2.11. The Balaban J connectivity index is 1.68. The van der Waals surface area contributed by atoms with E-state index in [9.17, 15) is 13.6 Å². The van der Waals surface area contributed by atoms with E-state index in [2.05, 4.69) is 30.6 Å². The zero-order valence-corrected chi connectivity index (χ0v) is 18.7. The number of rotatable bonds is 10. The van der Waals surface area contributed by atoms with Crippen LogP contribution in [0.15, 0.2) is 49.1 Å². The van der Waals surface area contributed by atoms with Crippen molar-refractivity contribution in [3.05, 3.63) is 54.1 Å². The first-order valence-electron chi connectivity index (χ1n) is 10.1. The fraction of sp³-hybridized carbons (Fsp3) is 0.238. The predicted octanol–water partition coefficient (Wildman–Crippen LogP) is 3.35. The SMILES string of the molecule is COC(=O)CNCCn1cc(Nc2cnn3cccnc23)c(-c2cc(Cl)ccc2OC(F)F)n1. The molecule has 1 aromatic carbocycles. The number of hydrogen-bond acceptors (Lipinski definition) is 8. The molecule has 0 aliphatic carbocycles. The van der Waals surface area contributed by atoms with Gasteiger partial charge in [0.2, 0.25) is 0 Å². The second-order valence-corrected chi connectivity index (χ2v) is 7.43. The Labute approximate surface area is 197 Å². The summed E-state index contributed by atoms with van der Waals surface area (Å²) in [6.07, 6.45) is 6.67. The van der Waals surface area contributed by atoms with Gasteiger partial charge in [-0.15, -0.1) is 0 Å². The van der Waals surface area contributed by atoms with Crippen LogP contribution < -0.4 is 15.4 Å². The van der Waals surface area contributed by atoms with Crippen molar-refractivity contribution < 1.29 is 23.0 Å². The third-order valence-corrected chi connectivity index (χ3v) is 4.97. The van der Waals surface area contributed by atoms with Crippen LogP contribution >= 0.6 is 11.6 Å². The number of nitrogens with zero attached hydrogens (tertiary/aromatic N) is 5. The Bertz CT molecular complexity index is 1290. The molecule has 4 aromatic rings. The standard InChI is InChI=1S/C21H20ClF2N7O3/c1-33-18(32)11-25-6-8-30-12-16(28-15-10-27-31-7-2-5-26-20(15)31)19(29-30)14-9-13(22)3-4-17(14)34-21(23)24/h2-5,7,9-10,12,21,25,28H,6,8,11H2,1H3. The minimum atomic E-state index is -3.02. The molecule has 3 aromatic heterocycles. The minimum absolute atomic E-state index is 0.0461. The van der Waals surface area contributed by atoms with Gasteiger partial charge in [-0.05, 0) is 24.3 Å². The number of nitrogens with one attached hydrogen (secondary N) is 2. The molecule has 0 amide bonds. The van der Waals surface area contributed by atoms with Gasteiger partial charge in [-0.3, -0.25) is 9.48 Å². The highest BCUT2D eigenvalue weighted by Gasteiger charge is 2.20. The molecular weight excluding hydrogens is 472 g/mol. The number of aromatic nitrogens is 5. The van der Waals surface area contributed by atoms with Crippen LogP contribution in [0.4, 0.5) is 20.2 Å². The highest BCUT2D eigenvalue weighted by Crippen LogP contribution is 2.38. The fourth-order valence-electron chi connectivity index (χ4n) is 3.23. The van der Waals surface area contributed by atoms with E-state index in [1.165, 1.54) is 25.3 Å². The molecule has 0 bridgehead atoms. The summed E-state index contributed by atoms with van der Waals surface area (Å²) >= 11 is 6.15. The summed E-state index contributed by atoms with van der Waals surface area (Å²) in [5.41, 5.74) is 2.26. The van der Waals surface area contributed by atoms with Gasteiger partial charge in [0.25, 0.3) is 0 Å². The Hall–Kier alpha value is -3.77. The molecule has 13 heteroatoms. The molecule has 3 heterocycles. The number of anilines is 2. The van der Waals surface area contributed by atoms with Gasteiger partial charge >= 0.3 is 12.6 Å². The molecule has 0 saturated carbocycles. The molecule has 0 radical (unpaired) electrons. The number of carbonyl (C=O) groups is 1. The smallest absolute Gasteiger partial charge is 0.387 e. The molecule has 0 aliphatic rings. The number of carbonyl (C=O) groups excluding carboxylic acids is 1. The number of hydrogen-bond donors (Lipinski definition) is 2. The Morgan fingerprint density at radius 1 is 1.29 bits per heavy atom. The summed E-state index contributed by atoms with van der Waals surface area (Å²) in [5.74, 6) is -0.466. The van der Waals surface area contributed by atoms with Crippen molar-refractivity contribution in [1.29, 1.82) is 0 Å². The van der Waals surface area contributed by atoms with Crippen molar-refractivity contribution in [3.8, 4) is 17.0 Å². The number of esters is 1. The van der Waals surface area contributed by atoms with Crippen molar-refractivity contribution in [1.82, 2.24) is 29.7 Å². The minimum Gasteiger partial charge on any atom is -0.468 e. The maximum Gasteiger partial charge on any atom is 0.387 e. The van der Waals surface area contributed by atoms with E-state index < -0.39 is 12.6 Å². The van der Waals surface area contributed by atoms with Crippen LogP contribution in [0.2, 0.25) is 5.02 Å². The van der Waals surface area contributed by atoms with Crippen LogP contribution in [-0.4, -0.2) is 57.2 Å². The molecule has 0 aliphatic heterocycles. The van der Waals surface area contributed by atoms with Gasteiger partial charge < -0.3 is 20.1 Å². The topological polar surface area (TPSA) is 108 Å². The highest BCUT2D eigenvalue weighted by molar-refractivity contribution is 6.31. The summed E-state index contributed by atoms with van der Waals surface area (Å²) in [4.78, 5) is 15.6. The zero-order valence-electron chi connectivity index (χ0n) is 17.9. The van der Waals surface area contributed by atoms with Crippen molar-refractivity contribution in [2.24, 2.45) is 0 Å².